The number of hydrogen-bond acceptors (Lipinski definition) is 7. The van der Waals surface area contributed by atoms with Crippen molar-refractivity contribution in [1.82, 2.24) is 14.8 Å². The zero-order chi connectivity index (χ0) is 28.8. The standard InChI is InChI=1S/C31H32ClN5O3S/c1-4-17-41-31-35-30-33-20(3)27(29(38)34-23-12-7-6-8-13-23)28(37(30)36-31)21-15-16-25(26(18-21)39-5-2)40-19-22-11-9-10-14-24(22)32/h6-16,18,28H,4-5,17,19H2,1-3H3,(H,34,38)(H,33,35,36). The van der Waals surface area contributed by atoms with Crippen LogP contribution in [-0.4, -0.2) is 33.0 Å². The fourth-order valence-electron chi connectivity index (χ4n) is 4.56. The third-order valence-electron chi connectivity index (χ3n) is 6.47. The van der Waals surface area contributed by atoms with Crippen LogP contribution < -0.4 is 20.1 Å². The lowest BCUT2D eigenvalue weighted by atomic mass is 9.94. The van der Waals surface area contributed by atoms with Gasteiger partial charge in [-0.05, 0) is 56.2 Å². The number of carbonyl (C=O) groups is 1. The minimum atomic E-state index is -0.546. The molecule has 2 heterocycles. The summed E-state index contributed by atoms with van der Waals surface area (Å²) < 4.78 is 13.9. The predicted molar refractivity (Wildman–Crippen MR) is 164 cm³/mol. The number of anilines is 2. The number of thioether (sulfide) groups is 1. The highest BCUT2D eigenvalue weighted by Crippen LogP contribution is 2.40. The van der Waals surface area contributed by atoms with Crippen LogP contribution in [0.1, 0.15) is 44.4 Å². The number of benzene rings is 3. The number of aromatic nitrogens is 3. The van der Waals surface area contributed by atoms with E-state index >= 15 is 0 Å². The Morgan fingerprint density at radius 3 is 2.59 bits per heavy atom. The Bertz CT molecular complexity index is 1560. The van der Waals surface area contributed by atoms with Crippen LogP contribution in [0, 0.1) is 0 Å². The number of ether oxygens (including phenoxy) is 2. The number of amides is 1. The molecule has 1 amide bonds. The first-order valence-corrected chi connectivity index (χ1v) is 14.9. The number of nitrogens with zero attached hydrogens (tertiary/aromatic N) is 3. The van der Waals surface area contributed by atoms with Gasteiger partial charge in [0.25, 0.3) is 5.91 Å². The van der Waals surface area contributed by atoms with Gasteiger partial charge in [-0.25, -0.2) is 4.68 Å². The van der Waals surface area contributed by atoms with E-state index in [1.165, 1.54) is 0 Å². The Hall–Kier alpha value is -3.95. The molecule has 8 nitrogen and oxygen atoms in total. The lowest BCUT2D eigenvalue weighted by Gasteiger charge is -2.29. The van der Waals surface area contributed by atoms with E-state index in [0.717, 1.165) is 23.3 Å². The third kappa shape index (κ3) is 6.52. The molecule has 5 rings (SSSR count). The van der Waals surface area contributed by atoms with Crippen molar-refractivity contribution in [2.24, 2.45) is 0 Å². The van der Waals surface area contributed by atoms with Crippen molar-refractivity contribution >= 4 is 40.9 Å². The molecule has 10 heteroatoms. The fourth-order valence-corrected chi connectivity index (χ4v) is 5.44. The Balaban J connectivity index is 1.53. The van der Waals surface area contributed by atoms with Crippen LogP contribution in [0.5, 0.6) is 11.5 Å². The second kappa shape index (κ2) is 13.1. The van der Waals surface area contributed by atoms with Crippen molar-refractivity contribution < 1.29 is 14.3 Å². The average molecular weight is 590 g/mol. The molecule has 1 unspecified atom stereocenters. The zero-order valence-electron chi connectivity index (χ0n) is 23.2. The van der Waals surface area contributed by atoms with E-state index in [0.29, 0.717) is 57.8 Å². The molecule has 212 valence electrons. The van der Waals surface area contributed by atoms with E-state index in [1.54, 1.807) is 16.4 Å². The molecule has 4 aromatic rings. The van der Waals surface area contributed by atoms with Crippen molar-refractivity contribution in [3.8, 4) is 11.5 Å². The largest absolute Gasteiger partial charge is 0.490 e. The molecular weight excluding hydrogens is 558 g/mol. The topological polar surface area (TPSA) is 90.3 Å². The normalized spacial score (nSPS) is 14.3. The van der Waals surface area contributed by atoms with Crippen molar-refractivity contribution in [2.45, 2.75) is 45.0 Å². The van der Waals surface area contributed by atoms with Gasteiger partial charge in [-0.15, -0.1) is 5.10 Å². The summed E-state index contributed by atoms with van der Waals surface area (Å²) in [5.41, 5.74) is 3.63. The first-order chi connectivity index (χ1) is 20.0. The van der Waals surface area contributed by atoms with Gasteiger partial charge in [0.2, 0.25) is 11.1 Å². The molecule has 0 aliphatic carbocycles. The molecule has 0 spiro atoms. The van der Waals surface area contributed by atoms with Crippen molar-refractivity contribution in [3.63, 3.8) is 0 Å². The van der Waals surface area contributed by atoms with Gasteiger partial charge in [0.1, 0.15) is 12.6 Å². The lowest BCUT2D eigenvalue weighted by Crippen LogP contribution is -2.31. The van der Waals surface area contributed by atoms with Gasteiger partial charge < -0.3 is 20.1 Å². The Morgan fingerprint density at radius 1 is 1.05 bits per heavy atom. The van der Waals surface area contributed by atoms with Gasteiger partial charge in [-0.2, -0.15) is 4.98 Å². The highest BCUT2D eigenvalue weighted by molar-refractivity contribution is 7.99. The first-order valence-electron chi connectivity index (χ1n) is 13.5. The smallest absolute Gasteiger partial charge is 0.255 e. The lowest BCUT2D eigenvalue weighted by molar-refractivity contribution is -0.113. The number of allylic oxidation sites excluding steroid dienone is 1. The number of fused-ring (bicyclic) bond motifs is 1. The third-order valence-corrected chi connectivity index (χ3v) is 7.88. The Labute approximate surface area is 249 Å². The second-order valence-corrected chi connectivity index (χ2v) is 10.9. The van der Waals surface area contributed by atoms with Crippen molar-refractivity contribution in [1.29, 1.82) is 0 Å². The second-order valence-electron chi connectivity index (χ2n) is 9.42. The minimum Gasteiger partial charge on any atom is -0.490 e. The average Bonchev–Trinajstić information content (AvgIpc) is 3.38. The van der Waals surface area contributed by atoms with Crippen LogP contribution in [-0.2, 0) is 11.4 Å². The maximum Gasteiger partial charge on any atom is 0.255 e. The molecule has 0 saturated carbocycles. The number of halogens is 1. The number of hydrogen-bond donors (Lipinski definition) is 2. The van der Waals surface area contributed by atoms with Gasteiger partial charge in [0, 0.05) is 27.7 Å². The van der Waals surface area contributed by atoms with E-state index in [9.17, 15) is 4.79 Å². The molecular formula is C31H32ClN5O3S. The van der Waals surface area contributed by atoms with Crippen LogP contribution in [0.2, 0.25) is 5.02 Å². The monoisotopic (exact) mass is 589 g/mol. The Morgan fingerprint density at radius 2 is 1.83 bits per heavy atom. The quantitative estimate of drug-likeness (QED) is 0.177. The maximum atomic E-state index is 13.8. The van der Waals surface area contributed by atoms with Gasteiger partial charge in [-0.1, -0.05) is 72.8 Å². The number of nitrogens with one attached hydrogen (secondary N) is 2. The molecule has 0 radical (unpaired) electrons. The summed E-state index contributed by atoms with van der Waals surface area (Å²) in [6.07, 6.45) is 1.00. The van der Waals surface area contributed by atoms with Gasteiger partial charge in [-0.3, -0.25) is 4.79 Å². The molecule has 1 aromatic heterocycles. The molecule has 41 heavy (non-hydrogen) atoms. The molecule has 1 aliphatic rings. The van der Waals surface area contributed by atoms with E-state index in [1.807, 2.05) is 86.6 Å². The minimum absolute atomic E-state index is 0.230. The maximum absolute atomic E-state index is 13.8. The molecule has 3 aromatic carbocycles. The number of rotatable bonds is 11. The summed E-state index contributed by atoms with van der Waals surface area (Å²) >= 11 is 7.93. The highest BCUT2D eigenvalue weighted by atomic mass is 35.5. The first kappa shape index (κ1) is 28.6. The molecule has 0 fully saturated rings. The van der Waals surface area contributed by atoms with E-state index in [2.05, 4.69) is 17.6 Å². The summed E-state index contributed by atoms with van der Waals surface area (Å²) in [6.45, 7) is 6.66. The molecule has 2 N–H and O–H groups in total. The van der Waals surface area contributed by atoms with E-state index in [4.69, 9.17) is 31.2 Å². The molecule has 1 atom stereocenters. The molecule has 1 aliphatic heterocycles. The molecule has 0 saturated heterocycles. The zero-order valence-corrected chi connectivity index (χ0v) is 24.8. The highest BCUT2D eigenvalue weighted by Gasteiger charge is 2.35. The number of carbonyl (C=O) groups excluding carboxylic acids is 1. The predicted octanol–water partition coefficient (Wildman–Crippen LogP) is 7.34. The Kier molecular flexibility index (Phi) is 9.16. The van der Waals surface area contributed by atoms with Crippen LogP contribution in [0.15, 0.2) is 89.2 Å². The van der Waals surface area contributed by atoms with Crippen LogP contribution in [0.3, 0.4) is 0 Å². The summed E-state index contributed by atoms with van der Waals surface area (Å²) in [5.74, 6) is 2.40. The van der Waals surface area contributed by atoms with E-state index in [-0.39, 0.29) is 5.91 Å². The molecule has 0 bridgehead atoms. The van der Waals surface area contributed by atoms with Crippen molar-refractivity contribution in [3.05, 3.63) is 100 Å². The van der Waals surface area contributed by atoms with E-state index < -0.39 is 6.04 Å². The number of para-hydroxylation sites is 1. The summed E-state index contributed by atoms with van der Waals surface area (Å²) in [7, 11) is 0. The van der Waals surface area contributed by atoms with Crippen LogP contribution >= 0.6 is 23.4 Å². The van der Waals surface area contributed by atoms with Gasteiger partial charge in [0.15, 0.2) is 11.5 Å². The summed E-state index contributed by atoms with van der Waals surface area (Å²) in [6, 6.07) is 22.1. The SMILES string of the molecule is CCCSc1nc2n(n1)C(c1ccc(OCc3ccccc3Cl)c(OCC)c1)C(C(=O)Nc1ccccc1)=C(C)N2. The fraction of sp³-hybridized carbons (Fsp3) is 0.258. The van der Waals surface area contributed by atoms with Gasteiger partial charge >= 0.3 is 0 Å². The summed E-state index contributed by atoms with van der Waals surface area (Å²) in [5, 5.41) is 12.4. The summed E-state index contributed by atoms with van der Waals surface area (Å²) in [4.78, 5) is 18.5. The van der Waals surface area contributed by atoms with Crippen LogP contribution in [0.25, 0.3) is 0 Å². The van der Waals surface area contributed by atoms with Crippen LogP contribution in [0.4, 0.5) is 11.6 Å². The van der Waals surface area contributed by atoms with Crippen molar-refractivity contribution in [2.75, 3.05) is 23.0 Å². The van der Waals surface area contributed by atoms with Gasteiger partial charge in [0.05, 0.1) is 12.2 Å².